The summed E-state index contributed by atoms with van der Waals surface area (Å²) in [7, 11) is 0. The Hall–Kier alpha value is -3.99. The number of Topliss-reactive ketones (excluding diaryl/α,β-unsaturated/α-hetero) is 1. The molecule has 148 valence electrons. The van der Waals surface area contributed by atoms with Crippen LogP contribution in [-0.2, 0) is 16.1 Å². The fourth-order valence-electron chi connectivity index (χ4n) is 3.27. The summed E-state index contributed by atoms with van der Waals surface area (Å²) >= 11 is 0. The van der Waals surface area contributed by atoms with Gasteiger partial charge in [0.15, 0.2) is 5.78 Å². The van der Waals surface area contributed by atoms with Crippen molar-refractivity contribution >= 4 is 23.4 Å². The number of benzene rings is 3. The van der Waals surface area contributed by atoms with E-state index in [4.69, 9.17) is 4.74 Å². The Kier molecular flexibility index (Phi) is 5.26. The highest BCUT2D eigenvalue weighted by Crippen LogP contribution is 2.30. The minimum atomic E-state index is -0.787. The number of allylic oxidation sites excluding steroid dienone is 1. The molecule has 0 atom stereocenters. The van der Waals surface area contributed by atoms with Crippen LogP contribution >= 0.6 is 0 Å². The lowest BCUT2D eigenvalue weighted by Gasteiger charge is -2.11. The Morgan fingerprint density at radius 3 is 1.97 bits per heavy atom. The number of amides is 2. The van der Waals surface area contributed by atoms with E-state index in [2.05, 4.69) is 0 Å². The molecule has 1 saturated heterocycles. The molecule has 1 heterocycles. The zero-order valence-electron chi connectivity index (χ0n) is 16.4. The van der Waals surface area contributed by atoms with Gasteiger partial charge in [-0.15, -0.1) is 0 Å². The quantitative estimate of drug-likeness (QED) is 0.460. The minimum Gasteiger partial charge on any atom is -0.403 e. The van der Waals surface area contributed by atoms with Gasteiger partial charge in [-0.2, -0.15) is 0 Å². The number of ketones is 1. The van der Waals surface area contributed by atoms with Crippen molar-refractivity contribution < 1.29 is 19.1 Å². The van der Waals surface area contributed by atoms with Gasteiger partial charge in [0, 0.05) is 5.56 Å². The van der Waals surface area contributed by atoms with Crippen molar-refractivity contribution in [1.29, 1.82) is 0 Å². The van der Waals surface area contributed by atoms with Gasteiger partial charge in [0.2, 0.25) is 5.76 Å². The largest absolute Gasteiger partial charge is 0.422 e. The number of hydrogen-bond donors (Lipinski definition) is 0. The molecule has 30 heavy (non-hydrogen) atoms. The van der Waals surface area contributed by atoms with Crippen LogP contribution in [0.2, 0.25) is 0 Å². The minimum absolute atomic E-state index is 0.0725. The highest BCUT2D eigenvalue weighted by Gasteiger charge is 2.40. The average molecular weight is 397 g/mol. The Morgan fingerprint density at radius 1 is 0.800 bits per heavy atom. The molecule has 0 aromatic heterocycles. The van der Waals surface area contributed by atoms with Gasteiger partial charge in [-0.05, 0) is 18.1 Å². The predicted octanol–water partition coefficient (Wildman–Crippen LogP) is 4.77. The van der Waals surface area contributed by atoms with Crippen LogP contribution < -0.4 is 0 Å². The molecule has 3 aromatic carbocycles. The molecule has 2 amide bonds. The van der Waals surface area contributed by atoms with Crippen molar-refractivity contribution in [2.75, 3.05) is 0 Å². The van der Waals surface area contributed by atoms with Crippen molar-refractivity contribution in [3.63, 3.8) is 0 Å². The summed E-state index contributed by atoms with van der Waals surface area (Å²) in [6.45, 7) is 2.03. The van der Waals surface area contributed by atoms with Crippen LogP contribution in [0.15, 0.2) is 90.7 Å². The first-order valence-corrected chi connectivity index (χ1v) is 9.53. The second-order valence-corrected chi connectivity index (χ2v) is 7.01. The predicted molar refractivity (Wildman–Crippen MR) is 112 cm³/mol. The fourth-order valence-corrected chi connectivity index (χ4v) is 3.27. The van der Waals surface area contributed by atoms with Crippen molar-refractivity contribution in [3.05, 3.63) is 113 Å². The van der Waals surface area contributed by atoms with E-state index in [9.17, 15) is 14.4 Å². The zero-order chi connectivity index (χ0) is 21.1. The molecule has 0 N–H and O–H groups in total. The highest BCUT2D eigenvalue weighted by atomic mass is 16.6. The van der Waals surface area contributed by atoms with Gasteiger partial charge >= 0.3 is 6.09 Å². The van der Waals surface area contributed by atoms with Gasteiger partial charge in [0.1, 0.15) is 0 Å². The van der Waals surface area contributed by atoms with E-state index < -0.39 is 12.0 Å². The zero-order valence-corrected chi connectivity index (χ0v) is 16.4. The van der Waals surface area contributed by atoms with Crippen LogP contribution in [0.3, 0.4) is 0 Å². The maximum atomic E-state index is 13.3. The molecule has 5 heteroatoms. The lowest BCUT2D eigenvalue weighted by molar-refractivity contribution is -0.123. The van der Waals surface area contributed by atoms with Gasteiger partial charge in [0.05, 0.1) is 12.1 Å². The number of aryl methyl sites for hydroxylation is 1. The number of ether oxygens (including phenoxy) is 1. The second kappa shape index (κ2) is 8.17. The Labute approximate surface area is 174 Å². The molecule has 0 spiro atoms. The van der Waals surface area contributed by atoms with Gasteiger partial charge in [-0.3, -0.25) is 9.59 Å². The SMILES string of the molecule is Cc1ccc(CN2C(=O)O/C(=C(/C(=O)c3ccccc3)c3ccccc3)C2=O)cc1. The molecular weight excluding hydrogens is 378 g/mol. The first-order chi connectivity index (χ1) is 14.5. The Balaban J connectivity index is 1.76. The smallest absolute Gasteiger partial charge is 0.403 e. The third-order valence-corrected chi connectivity index (χ3v) is 4.86. The van der Waals surface area contributed by atoms with Crippen LogP contribution in [0.1, 0.15) is 27.0 Å². The molecule has 0 bridgehead atoms. The number of hydrogen-bond acceptors (Lipinski definition) is 4. The van der Waals surface area contributed by atoms with E-state index in [1.54, 1.807) is 54.6 Å². The summed E-state index contributed by atoms with van der Waals surface area (Å²) in [6, 6.07) is 24.9. The van der Waals surface area contributed by atoms with E-state index >= 15 is 0 Å². The van der Waals surface area contributed by atoms with Crippen LogP contribution in [-0.4, -0.2) is 22.7 Å². The maximum Gasteiger partial charge on any atom is 0.422 e. The third kappa shape index (κ3) is 3.78. The summed E-state index contributed by atoms with van der Waals surface area (Å²) in [5, 5.41) is 0. The molecular formula is C25H19NO4. The van der Waals surface area contributed by atoms with Crippen LogP contribution in [0.25, 0.3) is 5.57 Å². The van der Waals surface area contributed by atoms with Crippen molar-refractivity contribution in [1.82, 2.24) is 4.90 Å². The number of rotatable bonds is 5. The number of imide groups is 1. The van der Waals surface area contributed by atoms with E-state index in [1.165, 1.54) is 0 Å². The van der Waals surface area contributed by atoms with Crippen molar-refractivity contribution in [2.24, 2.45) is 0 Å². The van der Waals surface area contributed by atoms with Gasteiger partial charge in [-0.1, -0.05) is 90.5 Å². The van der Waals surface area contributed by atoms with E-state index in [0.29, 0.717) is 11.1 Å². The van der Waals surface area contributed by atoms with E-state index in [0.717, 1.165) is 16.0 Å². The van der Waals surface area contributed by atoms with Gasteiger partial charge < -0.3 is 4.74 Å². The fraction of sp³-hybridized carbons (Fsp3) is 0.0800. The Bertz CT molecular complexity index is 1130. The molecule has 3 aromatic rings. The number of carbonyl (C=O) groups excluding carboxylic acids is 3. The van der Waals surface area contributed by atoms with Gasteiger partial charge in [-0.25, -0.2) is 9.69 Å². The topological polar surface area (TPSA) is 63.7 Å². The molecule has 4 rings (SSSR count). The first-order valence-electron chi connectivity index (χ1n) is 9.53. The summed E-state index contributed by atoms with van der Waals surface area (Å²) in [5.74, 6) is -1.24. The standard InChI is InChI=1S/C25H19NO4/c1-17-12-14-18(15-13-17)16-26-24(28)23(30-25(26)29)21(19-8-4-2-5-9-19)22(27)20-10-6-3-7-11-20/h2-15H,16H2,1H3/b23-21+. The monoisotopic (exact) mass is 397 g/mol. The summed E-state index contributed by atoms with van der Waals surface area (Å²) in [6.07, 6.45) is -0.787. The van der Waals surface area contributed by atoms with Crippen molar-refractivity contribution in [3.8, 4) is 0 Å². The third-order valence-electron chi connectivity index (χ3n) is 4.86. The van der Waals surface area contributed by atoms with E-state index in [-0.39, 0.29) is 23.7 Å². The lowest BCUT2D eigenvalue weighted by atomic mass is 9.95. The number of carbonyl (C=O) groups is 3. The molecule has 1 fully saturated rings. The molecule has 0 radical (unpaired) electrons. The second-order valence-electron chi connectivity index (χ2n) is 7.01. The molecule has 0 unspecified atom stereocenters. The number of cyclic esters (lactones) is 1. The molecule has 1 aliphatic heterocycles. The number of nitrogens with zero attached hydrogens (tertiary/aromatic N) is 1. The highest BCUT2D eigenvalue weighted by molar-refractivity contribution is 6.34. The molecule has 5 nitrogen and oxygen atoms in total. The Morgan fingerprint density at radius 2 is 1.37 bits per heavy atom. The normalized spacial score (nSPS) is 15.2. The first kappa shape index (κ1) is 19.3. The van der Waals surface area contributed by atoms with Crippen molar-refractivity contribution in [2.45, 2.75) is 13.5 Å². The van der Waals surface area contributed by atoms with E-state index in [1.807, 2.05) is 37.3 Å². The maximum absolute atomic E-state index is 13.3. The summed E-state index contributed by atoms with van der Waals surface area (Å²) in [5.41, 5.74) is 2.87. The van der Waals surface area contributed by atoms with Gasteiger partial charge in [0.25, 0.3) is 5.91 Å². The molecule has 0 saturated carbocycles. The average Bonchev–Trinajstić information content (AvgIpc) is 3.05. The van der Waals surface area contributed by atoms with Crippen LogP contribution in [0, 0.1) is 6.92 Å². The lowest BCUT2D eigenvalue weighted by Crippen LogP contribution is -2.28. The molecule has 1 aliphatic rings. The summed E-state index contributed by atoms with van der Waals surface area (Å²) in [4.78, 5) is 39.9. The summed E-state index contributed by atoms with van der Waals surface area (Å²) < 4.78 is 5.34. The van der Waals surface area contributed by atoms with Crippen LogP contribution in [0.5, 0.6) is 0 Å². The van der Waals surface area contributed by atoms with Crippen LogP contribution in [0.4, 0.5) is 4.79 Å². The molecule has 0 aliphatic carbocycles.